The molecule has 1 aliphatic heterocycles. The summed E-state index contributed by atoms with van der Waals surface area (Å²) in [6.45, 7) is 2.18. The molecule has 0 saturated carbocycles. The summed E-state index contributed by atoms with van der Waals surface area (Å²) in [6.07, 6.45) is 0.879. The van der Waals surface area contributed by atoms with Gasteiger partial charge in [0.25, 0.3) is 0 Å². The van der Waals surface area contributed by atoms with Crippen LogP contribution in [-0.4, -0.2) is 58.3 Å². The van der Waals surface area contributed by atoms with E-state index in [9.17, 15) is 19.5 Å². The molecule has 2 amide bonds. The molecule has 1 fully saturated rings. The molecule has 4 rings (SSSR count). The number of carboxylic acids is 1. The van der Waals surface area contributed by atoms with Crippen molar-refractivity contribution in [2.24, 2.45) is 0 Å². The van der Waals surface area contributed by atoms with E-state index in [1.165, 1.54) is 16.7 Å². The minimum absolute atomic E-state index is 0.0349. The Bertz CT molecular complexity index is 997. The van der Waals surface area contributed by atoms with E-state index in [4.69, 9.17) is 4.74 Å². The number of amides is 2. The number of nitrogens with zero attached hydrogens (tertiary/aromatic N) is 1. The van der Waals surface area contributed by atoms with E-state index in [1.807, 2.05) is 31.2 Å². The first-order chi connectivity index (χ1) is 16.0. The molecule has 174 valence electrons. The van der Waals surface area contributed by atoms with Crippen LogP contribution >= 0.6 is 11.8 Å². The normalized spacial score (nSPS) is 17.8. The average Bonchev–Trinajstić information content (AvgIpc) is 3.42. The van der Waals surface area contributed by atoms with E-state index in [0.29, 0.717) is 18.1 Å². The summed E-state index contributed by atoms with van der Waals surface area (Å²) in [6, 6.07) is 15.1. The van der Waals surface area contributed by atoms with Gasteiger partial charge in [-0.15, -0.1) is 11.8 Å². The molecule has 0 aromatic heterocycles. The maximum Gasteiger partial charge on any atom is 0.407 e. The number of nitrogens with one attached hydrogen (secondary N) is 1. The van der Waals surface area contributed by atoms with Crippen molar-refractivity contribution >= 4 is 29.7 Å². The summed E-state index contributed by atoms with van der Waals surface area (Å²) >= 11 is 1.42. The maximum absolute atomic E-state index is 12.7. The van der Waals surface area contributed by atoms with Gasteiger partial charge in [-0.1, -0.05) is 61.9 Å². The molecule has 1 heterocycles. The standard InChI is InChI=1S/C25H28N2O5S/c1-2-7-16(12-23(28)27-15-33-14-22(27)24(29)30)26-25(31)32-13-21-19-10-5-3-8-17(19)18-9-4-6-11-20(18)21/h3-6,8-11,16,21-22H,2,7,12-15H2,1H3,(H,26,31)(H,29,30)/t16-,22?/m1/s1. The number of carbonyl (C=O) groups is 3. The number of carbonyl (C=O) groups excluding carboxylic acids is 2. The van der Waals surface area contributed by atoms with Crippen LogP contribution in [0, 0.1) is 0 Å². The minimum Gasteiger partial charge on any atom is -0.480 e. The summed E-state index contributed by atoms with van der Waals surface area (Å²) in [5.74, 6) is -0.541. The first-order valence-electron chi connectivity index (χ1n) is 11.2. The summed E-state index contributed by atoms with van der Waals surface area (Å²) in [5, 5.41) is 12.2. The van der Waals surface area contributed by atoms with Crippen LogP contribution in [0.2, 0.25) is 0 Å². The number of thioether (sulfide) groups is 1. The molecule has 2 aromatic rings. The molecule has 2 N–H and O–H groups in total. The van der Waals surface area contributed by atoms with Crippen molar-refractivity contribution in [1.82, 2.24) is 10.2 Å². The summed E-state index contributed by atoms with van der Waals surface area (Å²) in [5.41, 5.74) is 4.59. The molecule has 8 heteroatoms. The second-order valence-corrected chi connectivity index (χ2v) is 9.38. The van der Waals surface area contributed by atoms with Crippen LogP contribution in [0.5, 0.6) is 0 Å². The van der Waals surface area contributed by atoms with Crippen LogP contribution in [0.1, 0.15) is 43.2 Å². The Labute approximate surface area is 197 Å². The van der Waals surface area contributed by atoms with Crippen LogP contribution in [-0.2, 0) is 14.3 Å². The lowest BCUT2D eigenvalue weighted by Gasteiger charge is -2.24. The smallest absolute Gasteiger partial charge is 0.407 e. The molecule has 0 spiro atoms. The van der Waals surface area contributed by atoms with Crippen molar-refractivity contribution in [2.75, 3.05) is 18.2 Å². The number of benzene rings is 2. The minimum atomic E-state index is -0.995. The molecule has 0 bridgehead atoms. The molecule has 2 aromatic carbocycles. The highest BCUT2D eigenvalue weighted by Gasteiger charge is 2.35. The summed E-state index contributed by atoms with van der Waals surface area (Å²) in [4.78, 5) is 38.1. The van der Waals surface area contributed by atoms with E-state index in [0.717, 1.165) is 28.7 Å². The highest BCUT2D eigenvalue weighted by molar-refractivity contribution is 7.99. The Kier molecular flexibility index (Phi) is 7.23. The van der Waals surface area contributed by atoms with E-state index in [1.54, 1.807) is 0 Å². The largest absolute Gasteiger partial charge is 0.480 e. The fourth-order valence-corrected chi connectivity index (χ4v) is 5.77. The summed E-state index contributed by atoms with van der Waals surface area (Å²) in [7, 11) is 0. The number of rotatable bonds is 8. The van der Waals surface area contributed by atoms with Crippen molar-refractivity contribution in [2.45, 2.75) is 44.2 Å². The number of carboxylic acid groups (broad SMARTS) is 1. The topological polar surface area (TPSA) is 95.9 Å². The number of fused-ring (bicyclic) bond motifs is 3. The molecule has 1 aliphatic carbocycles. The Hall–Kier alpha value is -3.00. The van der Waals surface area contributed by atoms with Crippen LogP contribution in [0.25, 0.3) is 11.1 Å². The molecule has 7 nitrogen and oxygen atoms in total. The van der Waals surface area contributed by atoms with Crippen LogP contribution < -0.4 is 5.32 Å². The summed E-state index contributed by atoms with van der Waals surface area (Å²) < 4.78 is 5.61. The van der Waals surface area contributed by atoms with Crippen molar-refractivity contribution in [3.63, 3.8) is 0 Å². The lowest BCUT2D eigenvalue weighted by molar-refractivity contribution is -0.148. The van der Waals surface area contributed by atoms with E-state index >= 15 is 0 Å². The molecule has 33 heavy (non-hydrogen) atoms. The van der Waals surface area contributed by atoms with E-state index in [2.05, 4.69) is 29.6 Å². The number of hydrogen-bond acceptors (Lipinski definition) is 5. The van der Waals surface area contributed by atoms with Gasteiger partial charge in [0.1, 0.15) is 12.6 Å². The van der Waals surface area contributed by atoms with E-state index in [-0.39, 0.29) is 24.9 Å². The lowest BCUT2D eigenvalue weighted by Crippen LogP contribution is -2.45. The first-order valence-corrected chi connectivity index (χ1v) is 12.4. The fraction of sp³-hybridized carbons (Fsp3) is 0.400. The van der Waals surface area contributed by atoms with Gasteiger partial charge in [-0.05, 0) is 28.7 Å². The Balaban J connectivity index is 1.37. The van der Waals surface area contributed by atoms with Crippen LogP contribution in [0.15, 0.2) is 48.5 Å². The maximum atomic E-state index is 12.7. The monoisotopic (exact) mass is 468 g/mol. The number of hydrogen-bond donors (Lipinski definition) is 2. The van der Waals surface area contributed by atoms with Gasteiger partial charge < -0.3 is 20.1 Å². The van der Waals surface area contributed by atoms with Crippen molar-refractivity contribution < 1.29 is 24.2 Å². The number of ether oxygens (including phenoxy) is 1. The third-order valence-corrected chi connectivity index (χ3v) is 7.22. The lowest BCUT2D eigenvalue weighted by atomic mass is 9.98. The number of alkyl carbamates (subject to hydrolysis) is 1. The molecule has 1 unspecified atom stereocenters. The van der Waals surface area contributed by atoms with Gasteiger partial charge in [-0.3, -0.25) is 4.79 Å². The van der Waals surface area contributed by atoms with Gasteiger partial charge in [0, 0.05) is 24.1 Å². The second-order valence-electron chi connectivity index (χ2n) is 8.38. The Morgan fingerprint density at radius 3 is 2.36 bits per heavy atom. The quantitative estimate of drug-likeness (QED) is 0.606. The van der Waals surface area contributed by atoms with Crippen molar-refractivity contribution in [3.05, 3.63) is 59.7 Å². The predicted octanol–water partition coefficient (Wildman–Crippen LogP) is 4.07. The van der Waals surface area contributed by atoms with Gasteiger partial charge in [-0.25, -0.2) is 9.59 Å². The first kappa shape index (κ1) is 23.2. The Morgan fingerprint density at radius 1 is 1.12 bits per heavy atom. The third-order valence-electron chi connectivity index (χ3n) is 6.21. The van der Waals surface area contributed by atoms with Gasteiger partial charge in [0.15, 0.2) is 0 Å². The zero-order chi connectivity index (χ0) is 23.4. The molecular weight excluding hydrogens is 440 g/mol. The van der Waals surface area contributed by atoms with Gasteiger partial charge in [0.2, 0.25) is 5.91 Å². The zero-order valence-corrected chi connectivity index (χ0v) is 19.3. The molecule has 2 atom stereocenters. The third kappa shape index (κ3) is 5.00. The zero-order valence-electron chi connectivity index (χ0n) is 18.5. The average molecular weight is 469 g/mol. The van der Waals surface area contributed by atoms with Crippen LogP contribution in [0.4, 0.5) is 4.79 Å². The molecule has 0 radical (unpaired) electrons. The fourth-order valence-electron chi connectivity index (χ4n) is 4.60. The molecular formula is C25H28N2O5S. The molecule has 1 saturated heterocycles. The highest BCUT2D eigenvalue weighted by atomic mass is 32.2. The van der Waals surface area contributed by atoms with Crippen LogP contribution in [0.3, 0.4) is 0 Å². The van der Waals surface area contributed by atoms with E-state index < -0.39 is 24.1 Å². The molecule has 2 aliphatic rings. The predicted molar refractivity (Wildman–Crippen MR) is 127 cm³/mol. The highest BCUT2D eigenvalue weighted by Crippen LogP contribution is 2.44. The second kappa shape index (κ2) is 10.3. The number of aliphatic carboxylic acids is 1. The van der Waals surface area contributed by atoms with Crippen molar-refractivity contribution in [3.8, 4) is 11.1 Å². The van der Waals surface area contributed by atoms with Gasteiger partial charge >= 0.3 is 12.1 Å². The SMILES string of the molecule is CCC[C@H](CC(=O)N1CSCC1C(=O)O)NC(=O)OCC1c2ccccc2-c2ccccc21. The van der Waals surface area contributed by atoms with Gasteiger partial charge in [0.05, 0.1) is 5.88 Å². The van der Waals surface area contributed by atoms with Crippen molar-refractivity contribution in [1.29, 1.82) is 0 Å². The van der Waals surface area contributed by atoms with Gasteiger partial charge in [-0.2, -0.15) is 0 Å². The Morgan fingerprint density at radius 2 is 1.76 bits per heavy atom.